The van der Waals surface area contributed by atoms with Crippen LogP contribution in [0.15, 0.2) is 0 Å². The van der Waals surface area contributed by atoms with Gasteiger partial charge in [0.25, 0.3) is 0 Å². The molecule has 0 radical (unpaired) electrons. The first-order valence-electron chi connectivity index (χ1n) is 2.35. The summed E-state index contributed by atoms with van der Waals surface area (Å²) in [6.07, 6.45) is -1.96. The van der Waals surface area contributed by atoms with Crippen molar-refractivity contribution in [2.24, 2.45) is 0 Å². The van der Waals surface area contributed by atoms with Gasteiger partial charge in [-0.25, -0.2) is 8.98 Å². The van der Waals surface area contributed by atoms with Crippen molar-refractivity contribution in [1.82, 2.24) is 0 Å². The number of carbonyl (C=O) groups is 1. The summed E-state index contributed by atoms with van der Waals surface area (Å²) in [6, 6.07) is 0. The van der Waals surface area contributed by atoms with Gasteiger partial charge in [0.2, 0.25) is 0 Å². The molecule has 0 spiro atoms. The Hall–Kier alpha value is -0.700. The molecular formula is C3H6O7S. The zero-order chi connectivity index (χ0) is 9.07. The molecule has 0 rings (SSSR count). The van der Waals surface area contributed by atoms with Crippen LogP contribution in [0.1, 0.15) is 0 Å². The summed E-state index contributed by atoms with van der Waals surface area (Å²) in [6.45, 7) is -1.01. The maximum Gasteiger partial charge on any atom is 0.397 e. The van der Waals surface area contributed by atoms with Gasteiger partial charge in [-0.1, -0.05) is 0 Å². The van der Waals surface area contributed by atoms with Gasteiger partial charge in [0.15, 0.2) is 6.10 Å². The minimum atomic E-state index is -4.68. The molecule has 0 saturated carbocycles. The highest BCUT2D eigenvalue weighted by atomic mass is 32.3. The number of carboxylic acids is 1. The molecule has 66 valence electrons. The number of aliphatic carboxylic acids is 1. The van der Waals surface area contributed by atoms with E-state index in [2.05, 4.69) is 4.18 Å². The Bertz CT molecular complexity index is 228. The lowest BCUT2D eigenvalue weighted by atomic mass is 10.4. The van der Waals surface area contributed by atoms with Gasteiger partial charge in [-0.05, 0) is 0 Å². The molecule has 0 saturated heterocycles. The summed E-state index contributed by atoms with van der Waals surface area (Å²) in [5, 5.41) is 16.4. The SMILES string of the molecule is O=C(O)C(O)COS(=O)(=O)O. The van der Waals surface area contributed by atoms with Gasteiger partial charge in [0, 0.05) is 0 Å². The van der Waals surface area contributed by atoms with E-state index in [1.54, 1.807) is 0 Å². The van der Waals surface area contributed by atoms with Crippen LogP contribution in [0.25, 0.3) is 0 Å². The summed E-state index contributed by atoms with van der Waals surface area (Å²) >= 11 is 0. The highest BCUT2D eigenvalue weighted by Crippen LogP contribution is 1.90. The first kappa shape index (κ1) is 10.3. The molecule has 8 heteroatoms. The van der Waals surface area contributed by atoms with Gasteiger partial charge >= 0.3 is 16.4 Å². The average Bonchev–Trinajstić information content (AvgIpc) is 1.80. The van der Waals surface area contributed by atoms with Crippen LogP contribution < -0.4 is 0 Å². The first-order valence-corrected chi connectivity index (χ1v) is 3.72. The van der Waals surface area contributed by atoms with E-state index in [-0.39, 0.29) is 0 Å². The molecule has 0 amide bonds. The highest BCUT2D eigenvalue weighted by Gasteiger charge is 2.16. The third-order valence-electron chi connectivity index (χ3n) is 0.660. The predicted molar refractivity (Wildman–Crippen MR) is 31.1 cm³/mol. The van der Waals surface area contributed by atoms with E-state index in [1.165, 1.54) is 0 Å². The molecule has 3 N–H and O–H groups in total. The Kier molecular flexibility index (Phi) is 3.39. The van der Waals surface area contributed by atoms with E-state index in [9.17, 15) is 13.2 Å². The number of carboxylic acid groups (broad SMARTS) is 1. The molecule has 0 aromatic heterocycles. The first-order chi connectivity index (χ1) is 4.83. The van der Waals surface area contributed by atoms with Gasteiger partial charge < -0.3 is 10.2 Å². The van der Waals surface area contributed by atoms with Crippen LogP contribution in [0.3, 0.4) is 0 Å². The molecule has 0 aromatic carbocycles. The molecule has 0 fully saturated rings. The fourth-order valence-electron chi connectivity index (χ4n) is 0.222. The molecule has 1 atom stereocenters. The third-order valence-corrected chi connectivity index (χ3v) is 1.09. The minimum absolute atomic E-state index is 1.01. The summed E-state index contributed by atoms with van der Waals surface area (Å²) in [5.41, 5.74) is 0. The van der Waals surface area contributed by atoms with Crippen molar-refractivity contribution in [3.8, 4) is 0 Å². The van der Waals surface area contributed by atoms with Crippen molar-refractivity contribution in [1.29, 1.82) is 0 Å². The van der Waals surface area contributed by atoms with Crippen LogP contribution in [0, 0.1) is 0 Å². The van der Waals surface area contributed by atoms with Crippen LogP contribution in [0.5, 0.6) is 0 Å². The lowest BCUT2D eigenvalue weighted by molar-refractivity contribution is -0.148. The van der Waals surface area contributed by atoms with E-state index >= 15 is 0 Å². The van der Waals surface area contributed by atoms with Crippen molar-refractivity contribution in [3.63, 3.8) is 0 Å². The van der Waals surface area contributed by atoms with E-state index in [0.29, 0.717) is 0 Å². The van der Waals surface area contributed by atoms with Gasteiger partial charge in [-0.2, -0.15) is 8.42 Å². The van der Waals surface area contributed by atoms with E-state index in [0.717, 1.165) is 0 Å². The van der Waals surface area contributed by atoms with Crippen LogP contribution in [-0.2, 0) is 19.4 Å². The molecule has 0 bridgehead atoms. The molecule has 7 nitrogen and oxygen atoms in total. The van der Waals surface area contributed by atoms with E-state index < -0.39 is 29.1 Å². The van der Waals surface area contributed by atoms with Gasteiger partial charge in [0.1, 0.15) is 6.61 Å². The number of aliphatic hydroxyl groups is 1. The molecule has 11 heavy (non-hydrogen) atoms. The van der Waals surface area contributed by atoms with Gasteiger partial charge in [0.05, 0.1) is 0 Å². The standard InChI is InChI=1S/C3H6O7S/c4-2(3(5)6)1-10-11(7,8)9/h2,4H,1H2,(H,5,6)(H,7,8,9). The van der Waals surface area contributed by atoms with Crippen LogP contribution >= 0.6 is 0 Å². The molecule has 0 aliphatic heterocycles. The second-order valence-corrected chi connectivity index (χ2v) is 2.66. The lowest BCUT2D eigenvalue weighted by Crippen LogP contribution is -2.26. The zero-order valence-electron chi connectivity index (χ0n) is 5.17. The Morgan fingerprint density at radius 2 is 2.00 bits per heavy atom. The smallest absolute Gasteiger partial charge is 0.397 e. The van der Waals surface area contributed by atoms with Crippen molar-refractivity contribution in [2.75, 3.05) is 6.61 Å². The lowest BCUT2D eigenvalue weighted by Gasteiger charge is -2.02. The molecule has 0 heterocycles. The number of rotatable bonds is 4. The molecule has 0 aliphatic rings. The molecule has 0 aliphatic carbocycles. The minimum Gasteiger partial charge on any atom is -0.479 e. The second-order valence-electron chi connectivity index (χ2n) is 1.57. The van der Waals surface area contributed by atoms with Crippen molar-refractivity contribution < 1.29 is 32.2 Å². The van der Waals surface area contributed by atoms with E-state index in [1.807, 2.05) is 0 Å². The quantitative estimate of drug-likeness (QED) is 0.445. The monoisotopic (exact) mass is 186 g/mol. The number of hydrogen-bond acceptors (Lipinski definition) is 5. The predicted octanol–water partition coefficient (Wildman–Crippen LogP) is -1.75. The van der Waals surface area contributed by atoms with Crippen molar-refractivity contribution >= 4 is 16.4 Å². The van der Waals surface area contributed by atoms with Crippen molar-refractivity contribution in [2.45, 2.75) is 6.10 Å². The normalized spacial score (nSPS) is 14.4. The summed E-state index contributed by atoms with van der Waals surface area (Å²) in [7, 11) is -4.68. The Balaban J connectivity index is 3.82. The van der Waals surface area contributed by atoms with Crippen LogP contribution in [-0.4, -0.2) is 41.9 Å². The second kappa shape index (κ2) is 3.62. The summed E-state index contributed by atoms with van der Waals surface area (Å²) < 4.78 is 31.0. The topological polar surface area (TPSA) is 121 Å². The fraction of sp³-hybridized carbons (Fsp3) is 0.667. The van der Waals surface area contributed by atoms with Crippen molar-refractivity contribution in [3.05, 3.63) is 0 Å². The maximum atomic E-state index is 9.81. The Morgan fingerprint density at radius 3 is 2.27 bits per heavy atom. The fourth-order valence-corrected chi connectivity index (χ4v) is 0.523. The third kappa shape index (κ3) is 5.73. The molecule has 0 aromatic rings. The molecular weight excluding hydrogens is 180 g/mol. The van der Waals surface area contributed by atoms with Crippen LogP contribution in [0.4, 0.5) is 0 Å². The summed E-state index contributed by atoms with van der Waals surface area (Å²) in [4.78, 5) is 9.81. The maximum absolute atomic E-state index is 9.81. The Labute approximate surface area is 62.2 Å². The number of aliphatic hydroxyl groups excluding tert-OH is 1. The molecule has 1 unspecified atom stereocenters. The zero-order valence-corrected chi connectivity index (χ0v) is 5.98. The van der Waals surface area contributed by atoms with Gasteiger partial charge in [-0.3, -0.25) is 4.55 Å². The van der Waals surface area contributed by atoms with E-state index in [4.69, 9.17) is 14.8 Å². The average molecular weight is 186 g/mol. The van der Waals surface area contributed by atoms with Gasteiger partial charge in [-0.15, -0.1) is 0 Å². The number of hydrogen-bond donors (Lipinski definition) is 3. The summed E-state index contributed by atoms with van der Waals surface area (Å²) in [5.74, 6) is -1.63. The van der Waals surface area contributed by atoms with Crippen LogP contribution in [0.2, 0.25) is 0 Å². The highest BCUT2D eigenvalue weighted by molar-refractivity contribution is 7.80. The Morgan fingerprint density at radius 1 is 1.55 bits per heavy atom. The largest absolute Gasteiger partial charge is 0.479 e.